The number of nitrogens with two attached hydrogens (primary N) is 1. The topological polar surface area (TPSA) is 119 Å². The Morgan fingerprint density at radius 1 is 1.18 bits per heavy atom. The van der Waals surface area contributed by atoms with Gasteiger partial charge in [-0.15, -0.1) is 0 Å². The van der Waals surface area contributed by atoms with Gasteiger partial charge in [-0.2, -0.15) is 0 Å². The van der Waals surface area contributed by atoms with Crippen LogP contribution in [0.1, 0.15) is 60.9 Å². The van der Waals surface area contributed by atoms with E-state index in [1.807, 2.05) is 68.8 Å². The first-order valence-corrected chi connectivity index (χ1v) is 13.6. The molecule has 11 heteroatoms. The van der Waals surface area contributed by atoms with Crippen molar-refractivity contribution in [1.29, 1.82) is 0 Å². The Labute approximate surface area is 238 Å². The van der Waals surface area contributed by atoms with E-state index in [2.05, 4.69) is 15.2 Å². The number of pyridine rings is 1. The maximum atomic E-state index is 12.7. The summed E-state index contributed by atoms with van der Waals surface area (Å²) in [5, 5.41) is 3.49. The molecule has 0 bridgehead atoms. The first kappa shape index (κ1) is 27.7. The smallest absolute Gasteiger partial charge is 0.410 e. The maximum absolute atomic E-state index is 12.7. The molecule has 3 aromatic rings. The van der Waals surface area contributed by atoms with Gasteiger partial charge in [-0.3, -0.25) is 9.88 Å². The van der Waals surface area contributed by atoms with Crippen LogP contribution in [0.15, 0.2) is 49.1 Å². The van der Waals surface area contributed by atoms with E-state index in [-0.39, 0.29) is 12.1 Å². The minimum absolute atomic E-state index is 0.209. The number of imidazole rings is 1. The van der Waals surface area contributed by atoms with Crippen molar-refractivity contribution in [3.8, 4) is 0 Å². The molecule has 0 spiro atoms. The molecule has 1 aliphatic heterocycles. The molecule has 10 nitrogen and oxygen atoms in total. The summed E-state index contributed by atoms with van der Waals surface area (Å²) < 4.78 is 7.46. The Morgan fingerprint density at radius 3 is 2.58 bits per heavy atom. The zero-order chi connectivity index (χ0) is 28.6. The van der Waals surface area contributed by atoms with Gasteiger partial charge in [0.15, 0.2) is 0 Å². The lowest BCUT2D eigenvalue weighted by Gasteiger charge is -2.40. The standard InChI is InChI=1S/C29H34ClN7O3/c1-29(2,3)40-28(39)37-12-10-36(11-13-37)26-20-8-7-19(30)15-21(20)22(14-18-6-5-9-33-24(18)26)25(34-27(31)38)23-16-32-17-35(23)4/h5-9,14-17,25-26H,10-13H2,1-4H3,(H3,31,34,38)/t25-,26+/m1/s1. The molecule has 1 fully saturated rings. The first-order valence-electron chi connectivity index (χ1n) is 13.2. The number of benzene rings is 1. The molecule has 2 atom stereocenters. The zero-order valence-electron chi connectivity index (χ0n) is 23.1. The van der Waals surface area contributed by atoms with E-state index < -0.39 is 17.7 Å². The molecule has 2 aromatic heterocycles. The van der Waals surface area contributed by atoms with Gasteiger partial charge in [0, 0.05) is 44.4 Å². The summed E-state index contributed by atoms with van der Waals surface area (Å²) in [5.74, 6) is 0. The number of ether oxygens (including phenoxy) is 1. The van der Waals surface area contributed by atoms with E-state index in [1.165, 1.54) is 0 Å². The number of halogens is 1. The molecular weight excluding hydrogens is 530 g/mol. The van der Waals surface area contributed by atoms with Crippen molar-refractivity contribution in [2.24, 2.45) is 12.8 Å². The summed E-state index contributed by atoms with van der Waals surface area (Å²) in [6.07, 6.45) is 6.93. The minimum atomic E-state index is -0.652. The van der Waals surface area contributed by atoms with E-state index in [1.54, 1.807) is 23.6 Å². The Kier molecular flexibility index (Phi) is 7.57. The van der Waals surface area contributed by atoms with Gasteiger partial charge in [0.2, 0.25) is 0 Å². The van der Waals surface area contributed by atoms with Crippen LogP contribution in [0.3, 0.4) is 0 Å². The second-order valence-corrected chi connectivity index (χ2v) is 11.5. The summed E-state index contributed by atoms with van der Waals surface area (Å²) in [5.41, 5.74) is 10.4. The number of aromatic nitrogens is 3. The van der Waals surface area contributed by atoms with E-state index >= 15 is 0 Å². The number of nitrogens with zero attached hydrogens (tertiary/aromatic N) is 5. The normalized spacial score (nSPS) is 18.2. The quantitative estimate of drug-likeness (QED) is 0.486. The molecule has 2 aliphatic rings. The van der Waals surface area contributed by atoms with Crippen molar-refractivity contribution in [2.45, 2.75) is 38.5 Å². The first-order chi connectivity index (χ1) is 19.0. The summed E-state index contributed by atoms with van der Waals surface area (Å²) in [6.45, 7) is 7.91. The zero-order valence-corrected chi connectivity index (χ0v) is 23.9. The van der Waals surface area contributed by atoms with Crippen LogP contribution in [0.25, 0.3) is 11.6 Å². The third kappa shape index (κ3) is 5.68. The van der Waals surface area contributed by atoms with Crippen LogP contribution in [-0.4, -0.2) is 68.2 Å². The molecule has 5 rings (SSSR count). The number of urea groups is 1. The van der Waals surface area contributed by atoms with Gasteiger partial charge < -0.3 is 25.3 Å². The number of aryl methyl sites for hydroxylation is 1. The molecule has 0 unspecified atom stereocenters. The van der Waals surface area contributed by atoms with Crippen LogP contribution in [0, 0.1) is 0 Å². The highest BCUT2D eigenvalue weighted by Gasteiger charge is 2.36. The Bertz CT molecular complexity index is 1450. The Balaban J connectivity index is 1.58. The number of piperazine rings is 1. The van der Waals surface area contributed by atoms with Crippen molar-refractivity contribution >= 4 is 35.4 Å². The lowest BCUT2D eigenvalue weighted by atomic mass is 9.90. The van der Waals surface area contributed by atoms with Crippen molar-refractivity contribution in [3.63, 3.8) is 0 Å². The highest BCUT2D eigenvalue weighted by atomic mass is 35.5. The molecule has 1 aliphatic carbocycles. The average molecular weight is 564 g/mol. The fourth-order valence-corrected chi connectivity index (χ4v) is 5.56. The largest absolute Gasteiger partial charge is 0.444 e. The summed E-state index contributed by atoms with van der Waals surface area (Å²) >= 11 is 6.57. The van der Waals surface area contributed by atoms with Crippen molar-refractivity contribution < 1.29 is 14.3 Å². The number of amides is 3. The lowest BCUT2D eigenvalue weighted by Crippen LogP contribution is -2.51. The predicted octanol–water partition coefficient (Wildman–Crippen LogP) is 4.37. The number of hydrogen-bond acceptors (Lipinski definition) is 6. The summed E-state index contributed by atoms with van der Waals surface area (Å²) in [4.78, 5) is 38.1. The van der Waals surface area contributed by atoms with Gasteiger partial charge in [-0.25, -0.2) is 14.6 Å². The van der Waals surface area contributed by atoms with Gasteiger partial charge in [0.25, 0.3) is 0 Å². The fraction of sp³-hybridized carbons (Fsp3) is 0.379. The van der Waals surface area contributed by atoms with Gasteiger partial charge in [0.05, 0.1) is 36.0 Å². The molecule has 210 valence electrons. The van der Waals surface area contributed by atoms with E-state index in [0.29, 0.717) is 31.2 Å². The third-order valence-corrected chi connectivity index (χ3v) is 7.38. The van der Waals surface area contributed by atoms with E-state index in [0.717, 1.165) is 33.7 Å². The molecule has 0 radical (unpaired) electrons. The monoisotopic (exact) mass is 563 g/mol. The van der Waals surface area contributed by atoms with Crippen molar-refractivity contribution in [1.82, 2.24) is 29.7 Å². The third-order valence-electron chi connectivity index (χ3n) is 7.14. The van der Waals surface area contributed by atoms with Gasteiger partial charge in [-0.1, -0.05) is 23.7 Å². The van der Waals surface area contributed by atoms with Gasteiger partial charge in [0.1, 0.15) is 5.60 Å². The van der Waals surface area contributed by atoms with Crippen LogP contribution < -0.4 is 11.1 Å². The Morgan fingerprint density at radius 2 is 1.93 bits per heavy atom. The lowest BCUT2D eigenvalue weighted by molar-refractivity contribution is 0.0118. The number of hydrogen-bond donors (Lipinski definition) is 2. The van der Waals surface area contributed by atoms with Crippen molar-refractivity contribution in [2.75, 3.05) is 26.2 Å². The number of fused-ring (bicyclic) bond motifs is 2. The second kappa shape index (κ2) is 10.9. The SMILES string of the molecule is Cn1cncc1[C@H](NC(N)=O)C1=Cc2cccnc2[C@@H](N2CCN(C(=O)OC(C)(C)C)CC2)c2ccc(Cl)cc21. The van der Waals surface area contributed by atoms with Crippen LogP contribution >= 0.6 is 11.6 Å². The average Bonchev–Trinajstić information content (AvgIpc) is 3.26. The van der Waals surface area contributed by atoms with E-state index in [9.17, 15) is 9.59 Å². The molecule has 1 aromatic carbocycles. The van der Waals surface area contributed by atoms with Crippen molar-refractivity contribution in [3.05, 3.63) is 82.2 Å². The Hall–Kier alpha value is -3.89. The fourth-order valence-electron chi connectivity index (χ4n) is 5.39. The number of rotatable bonds is 4. The molecule has 3 amide bonds. The molecule has 40 heavy (non-hydrogen) atoms. The summed E-state index contributed by atoms with van der Waals surface area (Å²) in [6, 6.07) is 8.28. The number of carbonyl (C=O) groups is 2. The number of primary amides is 1. The van der Waals surface area contributed by atoms with Crippen LogP contribution in [-0.2, 0) is 11.8 Å². The highest BCUT2D eigenvalue weighted by Crippen LogP contribution is 2.44. The van der Waals surface area contributed by atoms with Gasteiger partial charge in [-0.05, 0) is 67.3 Å². The molecule has 1 saturated heterocycles. The molecule has 3 heterocycles. The maximum Gasteiger partial charge on any atom is 0.410 e. The predicted molar refractivity (Wildman–Crippen MR) is 153 cm³/mol. The van der Waals surface area contributed by atoms with Crippen LogP contribution in [0.4, 0.5) is 9.59 Å². The van der Waals surface area contributed by atoms with E-state index in [4.69, 9.17) is 27.1 Å². The molecular formula is C29H34ClN7O3. The number of nitrogens with one attached hydrogen (secondary N) is 1. The molecule has 3 N–H and O–H groups in total. The number of carbonyl (C=O) groups excluding carboxylic acids is 2. The minimum Gasteiger partial charge on any atom is -0.444 e. The second-order valence-electron chi connectivity index (χ2n) is 11.1. The summed E-state index contributed by atoms with van der Waals surface area (Å²) in [7, 11) is 1.87. The van der Waals surface area contributed by atoms with Crippen LogP contribution in [0.5, 0.6) is 0 Å². The van der Waals surface area contributed by atoms with Crippen LogP contribution in [0.2, 0.25) is 5.02 Å². The molecule has 0 saturated carbocycles. The highest BCUT2D eigenvalue weighted by molar-refractivity contribution is 6.30. The van der Waals surface area contributed by atoms with Gasteiger partial charge >= 0.3 is 12.1 Å².